The van der Waals surface area contributed by atoms with Crippen LogP contribution in [-0.4, -0.2) is 36.4 Å². The number of rotatable bonds is 7. The van der Waals surface area contributed by atoms with Crippen LogP contribution in [0.1, 0.15) is 54.1 Å². The van der Waals surface area contributed by atoms with Gasteiger partial charge in [-0.25, -0.2) is 9.18 Å². The molecule has 1 aliphatic carbocycles. The van der Waals surface area contributed by atoms with Crippen molar-refractivity contribution in [2.24, 2.45) is 5.41 Å². The van der Waals surface area contributed by atoms with E-state index in [0.29, 0.717) is 12.1 Å². The summed E-state index contributed by atoms with van der Waals surface area (Å²) >= 11 is 0. The van der Waals surface area contributed by atoms with Gasteiger partial charge in [0.25, 0.3) is 5.69 Å². The largest absolute Gasteiger partial charge is 0.453 e. The van der Waals surface area contributed by atoms with Gasteiger partial charge in [0.1, 0.15) is 11.9 Å². The van der Waals surface area contributed by atoms with E-state index in [-0.39, 0.29) is 22.5 Å². The third kappa shape index (κ3) is 5.02. The SMILES string of the molecule is CN(C)CC1([C@H](OC(=O)c2ccc([N+](=O)[O-])cc2)c2cccc(F)c2)CCCCC1. The maximum Gasteiger partial charge on any atom is 0.338 e. The monoisotopic (exact) mass is 414 g/mol. The average Bonchev–Trinajstić information content (AvgIpc) is 2.72. The molecule has 6 nitrogen and oxygen atoms in total. The Bertz CT molecular complexity index is 892. The van der Waals surface area contributed by atoms with Gasteiger partial charge in [0, 0.05) is 24.1 Å². The Morgan fingerprint density at radius 3 is 2.40 bits per heavy atom. The molecule has 0 amide bonds. The van der Waals surface area contributed by atoms with Crippen molar-refractivity contribution in [1.29, 1.82) is 0 Å². The molecule has 160 valence electrons. The van der Waals surface area contributed by atoms with Crippen molar-refractivity contribution < 1.29 is 18.8 Å². The van der Waals surface area contributed by atoms with Gasteiger partial charge in [-0.3, -0.25) is 10.1 Å². The van der Waals surface area contributed by atoms with E-state index in [0.717, 1.165) is 32.1 Å². The molecule has 0 saturated heterocycles. The summed E-state index contributed by atoms with van der Waals surface area (Å²) in [5.74, 6) is -0.942. The van der Waals surface area contributed by atoms with Gasteiger partial charge >= 0.3 is 5.97 Å². The Hall–Kier alpha value is -2.80. The van der Waals surface area contributed by atoms with Gasteiger partial charge in [-0.15, -0.1) is 0 Å². The van der Waals surface area contributed by atoms with Crippen LogP contribution in [0.2, 0.25) is 0 Å². The standard InChI is InChI=1S/C23H27FN2O4/c1-25(2)16-23(13-4-3-5-14-23)21(18-7-6-8-19(24)15-18)30-22(27)17-9-11-20(12-10-17)26(28)29/h6-12,15,21H,3-5,13-14,16H2,1-2H3/t21-/m1/s1. The van der Waals surface area contributed by atoms with Crippen molar-refractivity contribution in [3.05, 3.63) is 75.6 Å². The van der Waals surface area contributed by atoms with Crippen LogP contribution in [0.3, 0.4) is 0 Å². The number of carbonyl (C=O) groups is 1. The number of halogens is 1. The van der Waals surface area contributed by atoms with Crippen LogP contribution in [-0.2, 0) is 4.74 Å². The van der Waals surface area contributed by atoms with Gasteiger partial charge in [-0.05, 0) is 56.8 Å². The zero-order valence-corrected chi connectivity index (χ0v) is 17.3. The first-order chi connectivity index (χ1) is 14.3. The van der Waals surface area contributed by atoms with E-state index in [1.54, 1.807) is 12.1 Å². The minimum Gasteiger partial charge on any atom is -0.453 e. The summed E-state index contributed by atoms with van der Waals surface area (Å²) in [6, 6.07) is 11.6. The number of nitro groups is 1. The van der Waals surface area contributed by atoms with E-state index < -0.39 is 17.0 Å². The number of hydrogen-bond donors (Lipinski definition) is 0. The van der Waals surface area contributed by atoms with Crippen molar-refractivity contribution in [3.63, 3.8) is 0 Å². The third-order valence-corrected chi connectivity index (χ3v) is 5.73. The van der Waals surface area contributed by atoms with Crippen LogP contribution in [0.5, 0.6) is 0 Å². The second-order valence-corrected chi connectivity index (χ2v) is 8.31. The Morgan fingerprint density at radius 2 is 1.83 bits per heavy atom. The Kier molecular flexibility index (Phi) is 6.82. The highest BCUT2D eigenvalue weighted by Crippen LogP contribution is 2.48. The molecule has 0 radical (unpaired) electrons. The van der Waals surface area contributed by atoms with Crippen LogP contribution in [0.15, 0.2) is 48.5 Å². The molecule has 3 rings (SSSR count). The molecule has 0 heterocycles. The number of nitro benzene ring substituents is 1. The first kappa shape index (κ1) is 21.9. The average molecular weight is 414 g/mol. The van der Waals surface area contributed by atoms with Crippen LogP contribution >= 0.6 is 0 Å². The Morgan fingerprint density at radius 1 is 1.17 bits per heavy atom. The molecular weight excluding hydrogens is 387 g/mol. The molecule has 0 aliphatic heterocycles. The molecule has 2 aromatic rings. The normalized spacial score (nSPS) is 16.8. The van der Waals surface area contributed by atoms with Gasteiger partial charge < -0.3 is 9.64 Å². The number of non-ortho nitro benzene ring substituents is 1. The van der Waals surface area contributed by atoms with Crippen molar-refractivity contribution in [1.82, 2.24) is 4.90 Å². The highest BCUT2D eigenvalue weighted by molar-refractivity contribution is 5.89. The summed E-state index contributed by atoms with van der Waals surface area (Å²) in [6.07, 6.45) is 4.31. The van der Waals surface area contributed by atoms with E-state index in [2.05, 4.69) is 4.90 Å². The summed E-state index contributed by atoms with van der Waals surface area (Å²) in [5.41, 5.74) is 0.447. The second kappa shape index (κ2) is 9.34. The topological polar surface area (TPSA) is 72.7 Å². The van der Waals surface area contributed by atoms with Crippen LogP contribution in [0.25, 0.3) is 0 Å². The lowest BCUT2D eigenvalue weighted by Gasteiger charge is -2.44. The molecule has 1 fully saturated rings. The molecule has 0 N–H and O–H groups in total. The zero-order chi connectivity index (χ0) is 21.7. The third-order valence-electron chi connectivity index (χ3n) is 5.73. The Labute approximate surface area is 175 Å². The maximum absolute atomic E-state index is 14.0. The maximum atomic E-state index is 14.0. The van der Waals surface area contributed by atoms with Crippen molar-refractivity contribution in [2.45, 2.75) is 38.2 Å². The first-order valence-electron chi connectivity index (χ1n) is 10.2. The quantitative estimate of drug-likeness (QED) is 0.356. The van der Waals surface area contributed by atoms with Crippen molar-refractivity contribution in [3.8, 4) is 0 Å². The number of hydrogen-bond acceptors (Lipinski definition) is 5. The van der Waals surface area contributed by atoms with Crippen molar-refractivity contribution >= 4 is 11.7 Å². The van der Waals surface area contributed by atoms with E-state index in [9.17, 15) is 19.3 Å². The summed E-state index contributed by atoms with van der Waals surface area (Å²) in [6.45, 7) is 0.710. The van der Waals surface area contributed by atoms with Gasteiger partial charge in [0.15, 0.2) is 0 Å². The smallest absolute Gasteiger partial charge is 0.338 e. The molecule has 1 atom stereocenters. The van der Waals surface area contributed by atoms with E-state index in [1.807, 2.05) is 14.1 Å². The number of nitrogens with zero attached hydrogens (tertiary/aromatic N) is 2. The van der Waals surface area contributed by atoms with Gasteiger partial charge in [0.2, 0.25) is 0 Å². The summed E-state index contributed by atoms with van der Waals surface area (Å²) < 4.78 is 20.1. The first-order valence-corrected chi connectivity index (χ1v) is 10.2. The van der Waals surface area contributed by atoms with Crippen LogP contribution < -0.4 is 0 Å². The molecule has 0 aromatic heterocycles. The minimum absolute atomic E-state index is 0.0930. The number of benzene rings is 2. The fraction of sp³-hybridized carbons (Fsp3) is 0.435. The van der Waals surface area contributed by atoms with Gasteiger partial charge in [-0.2, -0.15) is 0 Å². The number of carbonyl (C=O) groups excluding carboxylic acids is 1. The molecule has 30 heavy (non-hydrogen) atoms. The molecule has 0 bridgehead atoms. The number of ether oxygens (including phenoxy) is 1. The van der Waals surface area contributed by atoms with Gasteiger partial charge in [-0.1, -0.05) is 31.4 Å². The highest BCUT2D eigenvalue weighted by Gasteiger charge is 2.43. The predicted octanol–water partition coefficient (Wildman–Crippen LogP) is 5.14. The van der Waals surface area contributed by atoms with E-state index in [1.165, 1.54) is 36.4 Å². The predicted molar refractivity (Wildman–Crippen MR) is 112 cm³/mol. The molecule has 2 aromatic carbocycles. The van der Waals surface area contributed by atoms with Crippen LogP contribution in [0, 0.1) is 21.3 Å². The highest BCUT2D eigenvalue weighted by atomic mass is 19.1. The lowest BCUT2D eigenvalue weighted by atomic mass is 9.68. The fourth-order valence-electron chi connectivity index (χ4n) is 4.50. The lowest BCUT2D eigenvalue weighted by molar-refractivity contribution is -0.384. The molecule has 7 heteroatoms. The Balaban J connectivity index is 1.96. The summed E-state index contributed by atoms with van der Waals surface area (Å²) in [4.78, 5) is 25.4. The number of esters is 1. The zero-order valence-electron chi connectivity index (χ0n) is 17.3. The summed E-state index contributed by atoms with van der Waals surface area (Å²) in [7, 11) is 3.97. The van der Waals surface area contributed by atoms with Gasteiger partial charge in [0.05, 0.1) is 10.5 Å². The molecule has 1 aliphatic rings. The molecule has 0 spiro atoms. The van der Waals surface area contributed by atoms with Crippen molar-refractivity contribution in [2.75, 3.05) is 20.6 Å². The minimum atomic E-state index is -0.612. The van der Waals surface area contributed by atoms with E-state index >= 15 is 0 Å². The molecule has 1 saturated carbocycles. The summed E-state index contributed by atoms with van der Waals surface area (Å²) in [5, 5.41) is 10.9. The fourth-order valence-corrected chi connectivity index (χ4v) is 4.50. The molecule has 0 unspecified atom stereocenters. The van der Waals surface area contributed by atoms with Crippen LogP contribution in [0.4, 0.5) is 10.1 Å². The second-order valence-electron chi connectivity index (χ2n) is 8.31. The van der Waals surface area contributed by atoms with E-state index in [4.69, 9.17) is 4.74 Å². The lowest BCUT2D eigenvalue weighted by Crippen LogP contribution is -2.42. The molecular formula is C23H27FN2O4.